The van der Waals surface area contributed by atoms with Crippen LogP contribution in [0.3, 0.4) is 0 Å². The van der Waals surface area contributed by atoms with E-state index in [1.807, 2.05) is 0 Å². The van der Waals surface area contributed by atoms with Gasteiger partial charge in [0.1, 0.15) is 5.82 Å². The Morgan fingerprint density at radius 2 is 1.94 bits per heavy atom. The highest BCUT2D eigenvalue weighted by Gasteiger charge is 2.13. The minimum Gasteiger partial charge on any atom is -0.258 e. The predicted octanol–water partition coefficient (Wildman–Crippen LogP) is 3.98. The number of nitro groups is 1. The van der Waals surface area contributed by atoms with E-state index in [1.165, 1.54) is 18.2 Å². The van der Waals surface area contributed by atoms with Gasteiger partial charge >= 0.3 is 0 Å². The zero-order valence-electron chi connectivity index (χ0n) is 9.27. The Bertz CT molecular complexity index is 581. The lowest BCUT2D eigenvalue weighted by atomic mass is 10.0. The predicted molar refractivity (Wildman–Crippen MR) is 67.3 cm³/mol. The lowest BCUT2D eigenvalue weighted by Crippen LogP contribution is -1.96. The second-order valence-corrected chi connectivity index (χ2v) is 4.28. The first kappa shape index (κ1) is 12.5. The van der Waals surface area contributed by atoms with Gasteiger partial charge in [-0.3, -0.25) is 10.1 Å². The molecule has 3 nitrogen and oxygen atoms in total. The van der Waals surface area contributed by atoms with E-state index in [0.717, 1.165) is 0 Å². The van der Waals surface area contributed by atoms with E-state index in [4.69, 9.17) is 11.6 Å². The average Bonchev–Trinajstić information content (AvgIpc) is 2.27. The van der Waals surface area contributed by atoms with E-state index in [0.29, 0.717) is 11.1 Å². The van der Waals surface area contributed by atoms with Gasteiger partial charge in [-0.25, -0.2) is 4.39 Å². The van der Waals surface area contributed by atoms with Crippen LogP contribution in [-0.4, -0.2) is 4.92 Å². The molecule has 0 amide bonds. The zero-order chi connectivity index (χ0) is 13.1. The average molecular weight is 266 g/mol. The molecule has 0 saturated carbocycles. The largest absolute Gasteiger partial charge is 0.272 e. The van der Waals surface area contributed by atoms with Crippen LogP contribution in [0.25, 0.3) is 0 Å². The van der Waals surface area contributed by atoms with Crippen molar-refractivity contribution in [1.82, 2.24) is 0 Å². The van der Waals surface area contributed by atoms with Gasteiger partial charge in [0.2, 0.25) is 0 Å². The Hall–Kier alpha value is -1.94. The van der Waals surface area contributed by atoms with Crippen LogP contribution in [0.5, 0.6) is 0 Å². The molecule has 0 aliphatic rings. The normalized spacial score (nSPS) is 10.3. The minimum absolute atomic E-state index is 0.0258. The van der Waals surface area contributed by atoms with Crippen LogP contribution in [0.15, 0.2) is 42.5 Å². The highest BCUT2D eigenvalue weighted by molar-refractivity contribution is 6.30. The summed E-state index contributed by atoms with van der Waals surface area (Å²) >= 11 is 5.74. The molecule has 0 aromatic heterocycles. The van der Waals surface area contributed by atoms with Gasteiger partial charge in [-0.05, 0) is 23.8 Å². The topological polar surface area (TPSA) is 43.1 Å². The summed E-state index contributed by atoms with van der Waals surface area (Å²) in [5, 5.41) is 11.1. The molecule has 0 heterocycles. The summed E-state index contributed by atoms with van der Waals surface area (Å²) in [6.07, 6.45) is 0.272. The Morgan fingerprint density at radius 1 is 1.22 bits per heavy atom. The first-order chi connectivity index (χ1) is 8.56. The maximum absolute atomic E-state index is 13.2. The zero-order valence-corrected chi connectivity index (χ0v) is 10.0. The summed E-state index contributed by atoms with van der Waals surface area (Å²) in [5.74, 6) is -0.448. The van der Waals surface area contributed by atoms with E-state index in [2.05, 4.69) is 0 Å². The number of para-hydroxylation sites is 1. The number of hydrogen-bond donors (Lipinski definition) is 0. The molecule has 18 heavy (non-hydrogen) atoms. The van der Waals surface area contributed by atoms with Gasteiger partial charge in [0.15, 0.2) is 0 Å². The van der Waals surface area contributed by atoms with Crippen LogP contribution >= 0.6 is 11.6 Å². The molecule has 0 N–H and O–H groups in total. The third-order valence-electron chi connectivity index (χ3n) is 2.51. The summed E-state index contributed by atoms with van der Waals surface area (Å²) in [5.41, 5.74) is 1.16. The Kier molecular flexibility index (Phi) is 3.58. The van der Waals surface area contributed by atoms with Crippen molar-refractivity contribution in [2.75, 3.05) is 0 Å². The number of benzene rings is 2. The first-order valence-corrected chi connectivity index (χ1v) is 5.61. The van der Waals surface area contributed by atoms with Crippen molar-refractivity contribution in [3.63, 3.8) is 0 Å². The van der Waals surface area contributed by atoms with Crippen molar-refractivity contribution < 1.29 is 9.31 Å². The van der Waals surface area contributed by atoms with E-state index in [1.54, 1.807) is 24.3 Å². The fourth-order valence-electron chi connectivity index (χ4n) is 1.77. The third kappa shape index (κ3) is 2.84. The van der Waals surface area contributed by atoms with Gasteiger partial charge in [0.05, 0.1) is 4.92 Å². The van der Waals surface area contributed by atoms with Crippen molar-refractivity contribution >= 4 is 17.3 Å². The summed E-state index contributed by atoms with van der Waals surface area (Å²) < 4.78 is 13.2. The van der Waals surface area contributed by atoms with Crippen molar-refractivity contribution in [3.05, 3.63) is 74.5 Å². The minimum atomic E-state index is -0.448. The van der Waals surface area contributed by atoms with E-state index < -0.39 is 10.7 Å². The van der Waals surface area contributed by atoms with Crippen LogP contribution in [0.2, 0.25) is 5.02 Å². The molecule has 0 bridgehead atoms. The summed E-state index contributed by atoms with van der Waals surface area (Å²) in [6, 6.07) is 10.5. The van der Waals surface area contributed by atoms with Crippen LogP contribution < -0.4 is 0 Å². The fraction of sp³-hybridized carbons (Fsp3) is 0.0769. The summed E-state index contributed by atoms with van der Waals surface area (Å²) in [4.78, 5) is 10.4. The van der Waals surface area contributed by atoms with Gasteiger partial charge in [0, 0.05) is 23.1 Å². The van der Waals surface area contributed by atoms with Crippen LogP contribution in [0, 0.1) is 15.9 Å². The SMILES string of the molecule is O=[N+]([O-])c1ccccc1Cc1cc(F)cc(Cl)c1. The molecular weight excluding hydrogens is 257 g/mol. The van der Waals surface area contributed by atoms with Gasteiger partial charge in [-0.2, -0.15) is 0 Å². The quantitative estimate of drug-likeness (QED) is 0.622. The molecule has 0 atom stereocenters. The van der Waals surface area contributed by atoms with Crippen LogP contribution in [0.4, 0.5) is 10.1 Å². The molecule has 2 aromatic rings. The monoisotopic (exact) mass is 265 g/mol. The molecule has 0 aliphatic carbocycles. The second-order valence-electron chi connectivity index (χ2n) is 3.84. The lowest BCUT2D eigenvalue weighted by molar-refractivity contribution is -0.385. The number of nitrogens with zero attached hydrogens (tertiary/aromatic N) is 1. The maximum Gasteiger partial charge on any atom is 0.272 e. The number of halogens is 2. The molecule has 0 fully saturated rings. The van der Waals surface area contributed by atoms with Crippen LogP contribution in [0.1, 0.15) is 11.1 Å². The van der Waals surface area contributed by atoms with Crippen molar-refractivity contribution in [1.29, 1.82) is 0 Å². The first-order valence-electron chi connectivity index (χ1n) is 5.23. The molecule has 2 aromatic carbocycles. The van der Waals surface area contributed by atoms with Crippen molar-refractivity contribution in [2.45, 2.75) is 6.42 Å². The van der Waals surface area contributed by atoms with E-state index in [-0.39, 0.29) is 17.1 Å². The molecule has 0 saturated heterocycles. The number of rotatable bonds is 3. The van der Waals surface area contributed by atoms with Gasteiger partial charge in [-0.1, -0.05) is 29.8 Å². The molecule has 5 heteroatoms. The number of hydrogen-bond acceptors (Lipinski definition) is 2. The molecule has 0 unspecified atom stereocenters. The van der Waals surface area contributed by atoms with Crippen LogP contribution in [-0.2, 0) is 6.42 Å². The van der Waals surface area contributed by atoms with Gasteiger partial charge in [0.25, 0.3) is 5.69 Å². The third-order valence-corrected chi connectivity index (χ3v) is 2.72. The highest BCUT2D eigenvalue weighted by Crippen LogP contribution is 2.23. The Labute approximate surface area is 108 Å². The molecule has 0 aliphatic heterocycles. The summed E-state index contributed by atoms with van der Waals surface area (Å²) in [6.45, 7) is 0. The molecular formula is C13H9ClFNO2. The number of nitro benzene ring substituents is 1. The highest BCUT2D eigenvalue weighted by atomic mass is 35.5. The summed E-state index contributed by atoms with van der Waals surface area (Å²) in [7, 11) is 0. The molecule has 92 valence electrons. The Balaban J connectivity index is 2.37. The molecule has 0 spiro atoms. The van der Waals surface area contributed by atoms with Gasteiger partial charge < -0.3 is 0 Å². The van der Waals surface area contributed by atoms with Crippen molar-refractivity contribution in [3.8, 4) is 0 Å². The van der Waals surface area contributed by atoms with E-state index in [9.17, 15) is 14.5 Å². The smallest absolute Gasteiger partial charge is 0.258 e. The fourth-order valence-corrected chi connectivity index (χ4v) is 2.02. The maximum atomic E-state index is 13.2. The second kappa shape index (κ2) is 5.14. The Morgan fingerprint density at radius 3 is 2.61 bits per heavy atom. The van der Waals surface area contributed by atoms with Crippen molar-refractivity contribution in [2.24, 2.45) is 0 Å². The molecule has 2 rings (SSSR count). The van der Waals surface area contributed by atoms with Gasteiger partial charge in [-0.15, -0.1) is 0 Å². The lowest BCUT2D eigenvalue weighted by Gasteiger charge is -2.04. The molecule has 0 radical (unpaired) electrons. The standard InChI is InChI=1S/C13H9ClFNO2/c14-11-6-9(7-12(15)8-11)5-10-3-1-2-4-13(10)16(17)18/h1-4,6-8H,5H2. The van der Waals surface area contributed by atoms with E-state index >= 15 is 0 Å².